The molecule has 6 heteroatoms. The third-order valence-electron chi connectivity index (χ3n) is 5.27. The molecule has 128 valence electrons. The van der Waals surface area contributed by atoms with E-state index in [-0.39, 0.29) is 11.2 Å². The fourth-order valence-electron chi connectivity index (χ4n) is 3.69. The predicted molar refractivity (Wildman–Crippen MR) is 93.3 cm³/mol. The zero-order chi connectivity index (χ0) is 16.6. The minimum Gasteiger partial charge on any atom is -0.381 e. The summed E-state index contributed by atoms with van der Waals surface area (Å²) in [4.78, 5) is 2.30. The van der Waals surface area contributed by atoms with Crippen LogP contribution in [-0.4, -0.2) is 36.5 Å². The zero-order valence-corrected chi connectivity index (χ0v) is 14.7. The molecule has 2 fully saturated rings. The Labute approximate surface area is 145 Å². The van der Waals surface area contributed by atoms with Crippen molar-refractivity contribution in [2.24, 2.45) is 0 Å². The summed E-state index contributed by atoms with van der Waals surface area (Å²) >= 11 is 1.71. The van der Waals surface area contributed by atoms with Crippen LogP contribution in [0.3, 0.4) is 0 Å². The number of aromatic nitrogens is 2. The first-order chi connectivity index (χ1) is 11.6. The minimum absolute atomic E-state index is 0.0351. The van der Waals surface area contributed by atoms with Crippen LogP contribution in [0.25, 0.3) is 0 Å². The normalized spacial score (nSPS) is 25.3. The van der Waals surface area contributed by atoms with E-state index in [0.717, 1.165) is 61.3 Å². The average Bonchev–Trinajstić information content (AvgIpc) is 3.23. The van der Waals surface area contributed by atoms with Crippen molar-refractivity contribution in [1.29, 1.82) is 0 Å². The van der Waals surface area contributed by atoms with Gasteiger partial charge >= 0.3 is 0 Å². The van der Waals surface area contributed by atoms with Crippen LogP contribution in [0.1, 0.15) is 42.7 Å². The number of benzene rings is 1. The molecule has 1 atom stereocenters. The standard InChI is InChI=1S/C18H22FN3OS/c1-18(14-3-2-4-15(19)11-14)7-8-22(12-18)17-21-20-16(24-17)13-5-9-23-10-6-13/h2-4,11,13H,5-10,12H2,1H3. The lowest BCUT2D eigenvalue weighted by Crippen LogP contribution is -2.28. The Morgan fingerprint density at radius 1 is 1.29 bits per heavy atom. The number of nitrogens with zero attached hydrogens (tertiary/aromatic N) is 3. The Bertz CT molecular complexity index is 716. The van der Waals surface area contributed by atoms with Gasteiger partial charge in [-0.15, -0.1) is 10.2 Å². The first-order valence-corrected chi connectivity index (χ1v) is 9.38. The second-order valence-corrected chi connectivity index (χ2v) is 8.04. The topological polar surface area (TPSA) is 38.2 Å². The van der Waals surface area contributed by atoms with Crippen LogP contribution in [0.15, 0.2) is 24.3 Å². The van der Waals surface area contributed by atoms with E-state index in [0.29, 0.717) is 5.92 Å². The Balaban J connectivity index is 1.49. The number of rotatable bonds is 3. The first-order valence-electron chi connectivity index (χ1n) is 8.56. The van der Waals surface area contributed by atoms with Crippen molar-refractivity contribution in [3.8, 4) is 0 Å². The van der Waals surface area contributed by atoms with Crippen molar-refractivity contribution in [3.63, 3.8) is 0 Å². The third-order valence-corrected chi connectivity index (χ3v) is 6.41. The highest BCUT2D eigenvalue weighted by Gasteiger charge is 2.37. The molecule has 0 saturated carbocycles. The monoisotopic (exact) mass is 347 g/mol. The van der Waals surface area contributed by atoms with Gasteiger partial charge in [-0.2, -0.15) is 0 Å². The van der Waals surface area contributed by atoms with Crippen LogP contribution in [0, 0.1) is 5.82 Å². The van der Waals surface area contributed by atoms with Crippen molar-refractivity contribution >= 4 is 16.5 Å². The minimum atomic E-state index is -0.162. The molecule has 0 amide bonds. The van der Waals surface area contributed by atoms with Crippen molar-refractivity contribution in [2.75, 3.05) is 31.2 Å². The van der Waals surface area contributed by atoms with Crippen LogP contribution < -0.4 is 4.90 Å². The van der Waals surface area contributed by atoms with Gasteiger partial charge in [0, 0.05) is 37.6 Å². The van der Waals surface area contributed by atoms with Gasteiger partial charge in [-0.25, -0.2) is 4.39 Å². The van der Waals surface area contributed by atoms with E-state index in [1.807, 2.05) is 6.07 Å². The summed E-state index contributed by atoms with van der Waals surface area (Å²) in [5, 5.41) is 11.0. The van der Waals surface area contributed by atoms with E-state index in [9.17, 15) is 4.39 Å². The summed E-state index contributed by atoms with van der Waals surface area (Å²) in [6.07, 6.45) is 3.08. The van der Waals surface area contributed by atoms with Gasteiger partial charge in [0.1, 0.15) is 10.8 Å². The van der Waals surface area contributed by atoms with Gasteiger partial charge in [0.05, 0.1) is 0 Å². The molecule has 1 aromatic heterocycles. The smallest absolute Gasteiger partial charge is 0.208 e. The molecule has 2 saturated heterocycles. The van der Waals surface area contributed by atoms with E-state index >= 15 is 0 Å². The first kappa shape index (κ1) is 16.0. The maximum atomic E-state index is 13.6. The summed E-state index contributed by atoms with van der Waals surface area (Å²) in [5.41, 5.74) is 1.03. The van der Waals surface area contributed by atoms with Gasteiger partial charge in [-0.3, -0.25) is 0 Å². The number of hydrogen-bond donors (Lipinski definition) is 0. The SMILES string of the molecule is CC1(c2cccc(F)c2)CCN(c2nnc(C3CCOCC3)s2)C1. The molecular weight excluding hydrogens is 325 g/mol. The van der Waals surface area contributed by atoms with Gasteiger partial charge in [-0.1, -0.05) is 30.4 Å². The maximum absolute atomic E-state index is 13.6. The van der Waals surface area contributed by atoms with Gasteiger partial charge in [0.2, 0.25) is 5.13 Å². The Hall–Kier alpha value is -1.53. The van der Waals surface area contributed by atoms with Crippen LogP contribution in [0.4, 0.5) is 9.52 Å². The molecular formula is C18H22FN3OS. The van der Waals surface area contributed by atoms with Crippen molar-refractivity contribution < 1.29 is 9.13 Å². The summed E-state index contributed by atoms with van der Waals surface area (Å²) < 4.78 is 19.0. The average molecular weight is 347 g/mol. The number of halogens is 1. The highest BCUT2D eigenvalue weighted by atomic mass is 32.1. The number of anilines is 1. The van der Waals surface area contributed by atoms with Crippen molar-refractivity contribution in [3.05, 3.63) is 40.7 Å². The maximum Gasteiger partial charge on any atom is 0.208 e. The molecule has 3 heterocycles. The molecule has 0 N–H and O–H groups in total. The molecule has 24 heavy (non-hydrogen) atoms. The molecule has 1 unspecified atom stereocenters. The van der Waals surface area contributed by atoms with Crippen LogP contribution in [0.2, 0.25) is 0 Å². The quantitative estimate of drug-likeness (QED) is 0.848. The Morgan fingerprint density at radius 3 is 2.92 bits per heavy atom. The zero-order valence-electron chi connectivity index (χ0n) is 13.9. The van der Waals surface area contributed by atoms with Gasteiger partial charge < -0.3 is 9.64 Å². The van der Waals surface area contributed by atoms with E-state index in [2.05, 4.69) is 22.0 Å². The largest absolute Gasteiger partial charge is 0.381 e. The number of hydrogen-bond acceptors (Lipinski definition) is 5. The fraction of sp³-hybridized carbons (Fsp3) is 0.556. The second-order valence-electron chi connectivity index (χ2n) is 7.05. The second kappa shape index (κ2) is 6.41. The van der Waals surface area contributed by atoms with Gasteiger partial charge in [0.25, 0.3) is 0 Å². The van der Waals surface area contributed by atoms with E-state index in [1.54, 1.807) is 23.5 Å². The van der Waals surface area contributed by atoms with Gasteiger partial charge in [-0.05, 0) is 37.0 Å². The third kappa shape index (κ3) is 3.05. The fourth-order valence-corrected chi connectivity index (χ4v) is 4.73. The molecule has 2 aliphatic rings. The van der Waals surface area contributed by atoms with Crippen LogP contribution in [-0.2, 0) is 10.2 Å². The lowest BCUT2D eigenvalue weighted by atomic mass is 9.82. The van der Waals surface area contributed by atoms with E-state index in [1.165, 1.54) is 6.07 Å². The molecule has 1 aromatic carbocycles. The molecule has 0 spiro atoms. The molecule has 2 aliphatic heterocycles. The summed E-state index contributed by atoms with van der Waals surface area (Å²) in [6, 6.07) is 6.99. The summed E-state index contributed by atoms with van der Waals surface area (Å²) in [7, 11) is 0. The lowest BCUT2D eigenvalue weighted by Gasteiger charge is -2.25. The Morgan fingerprint density at radius 2 is 2.12 bits per heavy atom. The molecule has 2 aromatic rings. The summed E-state index contributed by atoms with van der Waals surface area (Å²) in [5.74, 6) is 0.326. The predicted octanol–water partition coefficient (Wildman–Crippen LogP) is 3.74. The van der Waals surface area contributed by atoms with Crippen LogP contribution >= 0.6 is 11.3 Å². The molecule has 0 aliphatic carbocycles. The summed E-state index contributed by atoms with van der Waals surface area (Å²) in [6.45, 7) is 5.65. The van der Waals surface area contributed by atoms with E-state index in [4.69, 9.17) is 4.74 Å². The number of ether oxygens (including phenoxy) is 1. The Kier molecular flexibility index (Phi) is 4.26. The van der Waals surface area contributed by atoms with Crippen molar-refractivity contribution in [1.82, 2.24) is 10.2 Å². The molecule has 0 radical (unpaired) electrons. The highest BCUT2D eigenvalue weighted by Crippen LogP contribution is 2.39. The molecule has 0 bridgehead atoms. The highest BCUT2D eigenvalue weighted by molar-refractivity contribution is 7.15. The van der Waals surface area contributed by atoms with Crippen molar-refractivity contribution in [2.45, 2.75) is 37.5 Å². The van der Waals surface area contributed by atoms with Crippen LogP contribution in [0.5, 0.6) is 0 Å². The molecule has 4 rings (SSSR count). The van der Waals surface area contributed by atoms with Gasteiger partial charge in [0.15, 0.2) is 0 Å². The molecule has 4 nitrogen and oxygen atoms in total. The van der Waals surface area contributed by atoms with E-state index < -0.39 is 0 Å². The lowest BCUT2D eigenvalue weighted by molar-refractivity contribution is 0.0851.